The van der Waals surface area contributed by atoms with Crippen molar-refractivity contribution in [3.8, 4) is 0 Å². The fourth-order valence-electron chi connectivity index (χ4n) is 1.62. The third kappa shape index (κ3) is 2.38. The van der Waals surface area contributed by atoms with E-state index in [2.05, 4.69) is 12.2 Å². The summed E-state index contributed by atoms with van der Waals surface area (Å²) < 4.78 is 13.3. The first-order chi connectivity index (χ1) is 8.08. The average molecular weight is 230 g/mol. The van der Waals surface area contributed by atoms with Crippen LogP contribution in [0.3, 0.4) is 0 Å². The largest absolute Gasteiger partial charge is 0.395 e. The van der Waals surface area contributed by atoms with E-state index in [1.54, 1.807) is 12.1 Å². The van der Waals surface area contributed by atoms with Crippen LogP contribution in [0.1, 0.15) is 11.1 Å². The van der Waals surface area contributed by atoms with E-state index in [-0.39, 0.29) is 5.69 Å². The number of para-hydroxylation sites is 1. The molecule has 0 aliphatic heterocycles. The molecular weight excluding hydrogens is 215 g/mol. The minimum absolute atomic E-state index is 0.144. The molecule has 2 rings (SSSR count). The molecule has 88 valence electrons. The molecule has 0 unspecified atom stereocenters. The van der Waals surface area contributed by atoms with Gasteiger partial charge in [-0.25, -0.2) is 4.39 Å². The van der Waals surface area contributed by atoms with Gasteiger partial charge in [0.1, 0.15) is 5.82 Å². The lowest BCUT2D eigenvalue weighted by Crippen LogP contribution is -1.99. The Morgan fingerprint density at radius 1 is 1.06 bits per heavy atom. The summed E-state index contributed by atoms with van der Waals surface area (Å²) in [6.07, 6.45) is 0. The van der Waals surface area contributed by atoms with Gasteiger partial charge in [-0.2, -0.15) is 0 Å². The summed E-state index contributed by atoms with van der Waals surface area (Å²) in [7, 11) is 0. The molecule has 17 heavy (non-hydrogen) atoms. The molecule has 0 saturated carbocycles. The van der Waals surface area contributed by atoms with Gasteiger partial charge >= 0.3 is 0 Å². The second kappa shape index (κ2) is 4.45. The first kappa shape index (κ1) is 11.5. The summed E-state index contributed by atoms with van der Waals surface area (Å²) in [5.41, 5.74) is 9.71. The van der Waals surface area contributed by atoms with E-state index in [4.69, 9.17) is 5.73 Å². The Balaban J connectivity index is 2.31. The quantitative estimate of drug-likeness (QED) is 0.771. The van der Waals surface area contributed by atoms with Gasteiger partial charge in [0, 0.05) is 5.69 Å². The molecule has 3 N–H and O–H groups in total. The summed E-state index contributed by atoms with van der Waals surface area (Å²) in [6, 6.07) is 10.7. The van der Waals surface area contributed by atoms with Crippen LogP contribution in [0.5, 0.6) is 0 Å². The van der Waals surface area contributed by atoms with Crippen LogP contribution in [0.15, 0.2) is 36.4 Å². The molecular formula is C14H15FN2. The van der Waals surface area contributed by atoms with Gasteiger partial charge in [0.25, 0.3) is 0 Å². The average Bonchev–Trinajstić information content (AvgIpc) is 2.30. The standard InChI is InChI=1S/C14H15FN2/c1-9-6-7-11(8-10(9)2)17-13-5-3-4-12(15)14(13)16/h3-8,17H,16H2,1-2H3. The zero-order valence-corrected chi connectivity index (χ0v) is 9.92. The number of nitrogens with one attached hydrogen (secondary N) is 1. The lowest BCUT2D eigenvalue weighted by molar-refractivity contribution is 0.633. The highest BCUT2D eigenvalue weighted by Crippen LogP contribution is 2.26. The van der Waals surface area contributed by atoms with Gasteiger partial charge in [-0.05, 0) is 49.2 Å². The number of hydrogen-bond acceptors (Lipinski definition) is 2. The molecule has 0 atom stereocenters. The molecule has 2 aromatic rings. The smallest absolute Gasteiger partial charge is 0.148 e. The zero-order valence-electron chi connectivity index (χ0n) is 9.92. The maximum absolute atomic E-state index is 13.3. The third-order valence-corrected chi connectivity index (χ3v) is 2.84. The van der Waals surface area contributed by atoms with Crippen LogP contribution in [0, 0.1) is 19.7 Å². The highest BCUT2D eigenvalue weighted by molar-refractivity contribution is 5.73. The van der Waals surface area contributed by atoms with Crippen molar-refractivity contribution in [2.24, 2.45) is 0 Å². The molecule has 2 nitrogen and oxygen atoms in total. The van der Waals surface area contributed by atoms with Crippen LogP contribution in [0.25, 0.3) is 0 Å². The fraction of sp³-hybridized carbons (Fsp3) is 0.143. The zero-order chi connectivity index (χ0) is 12.4. The third-order valence-electron chi connectivity index (χ3n) is 2.84. The van der Waals surface area contributed by atoms with Crippen molar-refractivity contribution in [1.82, 2.24) is 0 Å². The Labute approximate surface area is 100 Å². The molecule has 2 aromatic carbocycles. The van der Waals surface area contributed by atoms with E-state index < -0.39 is 5.82 Å². The summed E-state index contributed by atoms with van der Waals surface area (Å²) >= 11 is 0. The van der Waals surface area contributed by atoms with Crippen LogP contribution in [-0.4, -0.2) is 0 Å². The van der Waals surface area contributed by atoms with Crippen molar-refractivity contribution >= 4 is 17.1 Å². The van der Waals surface area contributed by atoms with Crippen molar-refractivity contribution in [3.05, 3.63) is 53.3 Å². The van der Waals surface area contributed by atoms with Gasteiger partial charge in [0.15, 0.2) is 0 Å². The summed E-state index contributed by atoms with van der Waals surface area (Å²) in [4.78, 5) is 0. The van der Waals surface area contributed by atoms with E-state index in [9.17, 15) is 4.39 Å². The van der Waals surface area contributed by atoms with Gasteiger partial charge in [0.2, 0.25) is 0 Å². The molecule has 0 bridgehead atoms. The van der Waals surface area contributed by atoms with Crippen LogP contribution in [0.4, 0.5) is 21.5 Å². The Hall–Kier alpha value is -2.03. The second-order valence-electron chi connectivity index (χ2n) is 4.13. The molecule has 0 amide bonds. The normalized spacial score (nSPS) is 10.3. The lowest BCUT2D eigenvalue weighted by atomic mass is 10.1. The number of nitrogens with two attached hydrogens (primary N) is 1. The van der Waals surface area contributed by atoms with Crippen molar-refractivity contribution in [3.63, 3.8) is 0 Å². The first-order valence-electron chi connectivity index (χ1n) is 5.46. The molecule has 0 fully saturated rings. The van der Waals surface area contributed by atoms with Gasteiger partial charge in [-0.15, -0.1) is 0 Å². The van der Waals surface area contributed by atoms with Crippen molar-refractivity contribution in [2.75, 3.05) is 11.1 Å². The van der Waals surface area contributed by atoms with E-state index in [0.29, 0.717) is 5.69 Å². The number of halogens is 1. The lowest BCUT2D eigenvalue weighted by Gasteiger charge is -2.11. The van der Waals surface area contributed by atoms with Crippen LogP contribution in [-0.2, 0) is 0 Å². The maximum Gasteiger partial charge on any atom is 0.148 e. The highest BCUT2D eigenvalue weighted by atomic mass is 19.1. The van der Waals surface area contributed by atoms with E-state index >= 15 is 0 Å². The van der Waals surface area contributed by atoms with Crippen molar-refractivity contribution in [1.29, 1.82) is 0 Å². The number of anilines is 3. The number of rotatable bonds is 2. The minimum Gasteiger partial charge on any atom is -0.395 e. The number of aryl methyl sites for hydroxylation is 2. The number of nitrogen functional groups attached to an aromatic ring is 1. The van der Waals surface area contributed by atoms with Crippen LogP contribution >= 0.6 is 0 Å². The summed E-state index contributed by atoms with van der Waals surface area (Å²) in [5.74, 6) is -0.404. The van der Waals surface area contributed by atoms with Gasteiger partial charge in [0.05, 0.1) is 11.4 Å². The van der Waals surface area contributed by atoms with E-state index in [0.717, 1.165) is 5.69 Å². The summed E-state index contributed by atoms with van der Waals surface area (Å²) in [5, 5.41) is 3.12. The molecule has 0 aliphatic rings. The van der Waals surface area contributed by atoms with Gasteiger partial charge in [-0.3, -0.25) is 0 Å². The van der Waals surface area contributed by atoms with Crippen LogP contribution < -0.4 is 11.1 Å². The predicted octanol–water partition coefficient (Wildman–Crippen LogP) is 3.77. The summed E-state index contributed by atoms with van der Waals surface area (Å²) in [6.45, 7) is 4.09. The first-order valence-corrected chi connectivity index (χ1v) is 5.46. The predicted molar refractivity (Wildman–Crippen MR) is 70.0 cm³/mol. The maximum atomic E-state index is 13.3. The molecule has 0 aliphatic carbocycles. The molecule has 0 saturated heterocycles. The Morgan fingerprint density at radius 3 is 2.53 bits per heavy atom. The molecule has 3 heteroatoms. The fourth-order valence-corrected chi connectivity index (χ4v) is 1.62. The number of hydrogen-bond donors (Lipinski definition) is 2. The molecule has 0 radical (unpaired) electrons. The van der Waals surface area contributed by atoms with Gasteiger partial charge < -0.3 is 11.1 Å². The topological polar surface area (TPSA) is 38.0 Å². The SMILES string of the molecule is Cc1ccc(Nc2cccc(F)c2N)cc1C. The minimum atomic E-state index is -0.404. The number of benzene rings is 2. The second-order valence-corrected chi connectivity index (χ2v) is 4.13. The van der Waals surface area contributed by atoms with Crippen LogP contribution in [0.2, 0.25) is 0 Å². The Kier molecular flexibility index (Phi) is 3.00. The van der Waals surface area contributed by atoms with E-state index in [1.807, 2.05) is 25.1 Å². The van der Waals surface area contributed by atoms with Crippen molar-refractivity contribution < 1.29 is 4.39 Å². The van der Waals surface area contributed by atoms with E-state index in [1.165, 1.54) is 17.2 Å². The monoisotopic (exact) mass is 230 g/mol. The molecule has 0 spiro atoms. The van der Waals surface area contributed by atoms with Gasteiger partial charge in [-0.1, -0.05) is 12.1 Å². The highest BCUT2D eigenvalue weighted by Gasteiger charge is 2.04. The molecule has 0 aromatic heterocycles. The Morgan fingerprint density at radius 2 is 1.82 bits per heavy atom. The Bertz CT molecular complexity index is 550. The molecule has 0 heterocycles. The van der Waals surface area contributed by atoms with Crippen molar-refractivity contribution in [2.45, 2.75) is 13.8 Å².